The molecule has 1 heterocycles. The Morgan fingerprint density at radius 3 is 2.55 bits per heavy atom. The molecule has 0 bridgehead atoms. The van der Waals surface area contributed by atoms with E-state index in [9.17, 15) is 0 Å². The maximum atomic E-state index is 6.10. The van der Waals surface area contributed by atoms with Crippen LogP contribution in [0.2, 0.25) is 5.02 Å². The summed E-state index contributed by atoms with van der Waals surface area (Å²) in [7, 11) is 1.60. The smallest absolute Gasteiger partial charge is 0.143 e. The minimum absolute atomic E-state index is 0.463. The Hall–Kier alpha value is -2.01. The van der Waals surface area contributed by atoms with Gasteiger partial charge in [-0.15, -0.1) is 0 Å². The number of hydrogen-bond acceptors (Lipinski definition) is 5. The van der Waals surface area contributed by atoms with E-state index in [-0.39, 0.29) is 0 Å². The molecule has 6 heteroatoms. The summed E-state index contributed by atoms with van der Waals surface area (Å²) in [4.78, 5) is 8.49. The first kappa shape index (κ1) is 14.4. The van der Waals surface area contributed by atoms with Crippen molar-refractivity contribution in [2.75, 3.05) is 18.2 Å². The van der Waals surface area contributed by atoms with E-state index in [0.29, 0.717) is 28.2 Å². The summed E-state index contributed by atoms with van der Waals surface area (Å²) in [5.74, 6) is 2.38. The molecule has 0 unspecified atom stereocenters. The number of anilines is 3. The van der Waals surface area contributed by atoms with Crippen molar-refractivity contribution in [3.05, 3.63) is 34.1 Å². The Labute approximate surface area is 123 Å². The number of aromatic nitrogens is 2. The van der Waals surface area contributed by atoms with Crippen molar-refractivity contribution in [1.29, 1.82) is 0 Å². The Bertz CT molecular complexity index is 658. The zero-order valence-corrected chi connectivity index (χ0v) is 12.7. The summed E-state index contributed by atoms with van der Waals surface area (Å²) in [6.07, 6.45) is 0. The fraction of sp³-hybridized carbons (Fsp3) is 0.286. The first-order chi connectivity index (χ1) is 9.42. The Morgan fingerprint density at radius 1 is 1.20 bits per heavy atom. The van der Waals surface area contributed by atoms with Crippen molar-refractivity contribution in [3.8, 4) is 5.75 Å². The summed E-state index contributed by atoms with van der Waals surface area (Å²) in [6, 6.07) is 3.68. The molecule has 0 atom stereocenters. The lowest BCUT2D eigenvalue weighted by Crippen LogP contribution is -2.05. The number of rotatable bonds is 3. The molecule has 0 aliphatic heterocycles. The van der Waals surface area contributed by atoms with E-state index in [1.54, 1.807) is 20.1 Å². The van der Waals surface area contributed by atoms with E-state index in [4.69, 9.17) is 22.1 Å². The molecule has 0 spiro atoms. The van der Waals surface area contributed by atoms with E-state index in [1.807, 2.05) is 19.9 Å². The van der Waals surface area contributed by atoms with Crippen molar-refractivity contribution in [3.63, 3.8) is 0 Å². The monoisotopic (exact) mass is 292 g/mol. The molecule has 0 radical (unpaired) electrons. The van der Waals surface area contributed by atoms with Gasteiger partial charge >= 0.3 is 0 Å². The highest BCUT2D eigenvalue weighted by molar-refractivity contribution is 6.31. The van der Waals surface area contributed by atoms with Crippen LogP contribution in [0.1, 0.15) is 17.0 Å². The third-order valence-corrected chi connectivity index (χ3v) is 3.44. The van der Waals surface area contributed by atoms with Crippen LogP contribution in [-0.4, -0.2) is 17.1 Å². The van der Waals surface area contributed by atoms with Gasteiger partial charge in [-0.05, 0) is 32.4 Å². The lowest BCUT2D eigenvalue weighted by molar-refractivity contribution is 0.416. The van der Waals surface area contributed by atoms with Crippen LogP contribution in [0.25, 0.3) is 0 Å². The van der Waals surface area contributed by atoms with Crippen LogP contribution in [0.4, 0.5) is 17.3 Å². The third kappa shape index (κ3) is 2.77. The number of nitrogens with one attached hydrogen (secondary N) is 1. The number of hydrogen-bond donors (Lipinski definition) is 2. The minimum atomic E-state index is 0.463. The first-order valence-electron chi connectivity index (χ1n) is 6.14. The second kappa shape index (κ2) is 5.54. The molecular weight excluding hydrogens is 276 g/mol. The van der Waals surface area contributed by atoms with Crippen LogP contribution in [0.15, 0.2) is 12.1 Å². The third-order valence-electron chi connectivity index (χ3n) is 3.03. The van der Waals surface area contributed by atoms with Gasteiger partial charge in [0, 0.05) is 16.7 Å². The number of ether oxygens (including phenoxy) is 1. The van der Waals surface area contributed by atoms with E-state index >= 15 is 0 Å². The van der Waals surface area contributed by atoms with Gasteiger partial charge in [-0.1, -0.05) is 11.6 Å². The second-order valence-corrected chi connectivity index (χ2v) is 4.96. The molecule has 0 saturated carbocycles. The Morgan fingerprint density at radius 2 is 1.90 bits per heavy atom. The molecule has 0 aliphatic rings. The zero-order chi connectivity index (χ0) is 14.9. The Kier molecular flexibility index (Phi) is 3.99. The summed E-state index contributed by atoms with van der Waals surface area (Å²) in [5, 5.41) is 3.88. The predicted molar refractivity (Wildman–Crippen MR) is 81.9 cm³/mol. The van der Waals surface area contributed by atoms with Gasteiger partial charge in [-0.3, -0.25) is 0 Å². The van der Waals surface area contributed by atoms with Gasteiger partial charge in [0.05, 0.1) is 12.8 Å². The van der Waals surface area contributed by atoms with E-state index in [2.05, 4.69) is 15.3 Å². The molecule has 0 fully saturated rings. The normalized spacial score (nSPS) is 10.4. The molecule has 0 amide bonds. The molecule has 3 N–H and O–H groups in total. The highest BCUT2D eigenvalue weighted by Crippen LogP contribution is 2.33. The van der Waals surface area contributed by atoms with Crippen molar-refractivity contribution >= 4 is 28.9 Å². The number of nitrogen functional groups attached to an aromatic ring is 1. The highest BCUT2D eigenvalue weighted by atomic mass is 35.5. The Balaban J connectivity index is 2.47. The van der Waals surface area contributed by atoms with E-state index in [0.717, 1.165) is 16.8 Å². The van der Waals surface area contributed by atoms with Crippen molar-refractivity contribution in [2.24, 2.45) is 0 Å². The topological polar surface area (TPSA) is 73.1 Å². The van der Waals surface area contributed by atoms with Gasteiger partial charge in [0.1, 0.15) is 23.2 Å². The largest absolute Gasteiger partial charge is 0.495 e. The van der Waals surface area contributed by atoms with Crippen LogP contribution in [0.5, 0.6) is 5.75 Å². The van der Waals surface area contributed by atoms with E-state index < -0.39 is 0 Å². The minimum Gasteiger partial charge on any atom is -0.495 e. The lowest BCUT2D eigenvalue weighted by Gasteiger charge is -2.15. The maximum Gasteiger partial charge on any atom is 0.143 e. The predicted octanol–water partition coefficient (Wildman–Crippen LogP) is 3.39. The number of halogens is 1. The number of nitrogens with two attached hydrogens (primary N) is 1. The van der Waals surface area contributed by atoms with Crippen LogP contribution in [-0.2, 0) is 0 Å². The van der Waals surface area contributed by atoms with E-state index in [1.165, 1.54) is 0 Å². The molecule has 0 saturated heterocycles. The SMILES string of the molecule is COc1cc(Cl)c(C)cc1Nc1nc(C)nc(N)c1C. The quantitative estimate of drug-likeness (QED) is 0.907. The van der Waals surface area contributed by atoms with Crippen LogP contribution >= 0.6 is 11.6 Å². The van der Waals surface area contributed by atoms with Crippen molar-refractivity contribution < 1.29 is 4.74 Å². The molecule has 1 aromatic carbocycles. The molecule has 1 aromatic heterocycles. The fourth-order valence-electron chi connectivity index (χ4n) is 1.83. The number of benzene rings is 1. The number of aryl methyl sites for hydroxylation is 2. The van der Waals surface area contributed by atoms with Gasteiger partial charge in [-0.25, -0.2) is 9.97 Å². The average Bonchev–Trinajstić information content (AvgIpc) is 2.39. The van der Waals surface area contributed by atoms with Gasteiger partial charge in [-0.2, -0.15) is 0 Å². The maximum absolute atomic E-state index is 6.10. The first-order valence-corrected chi connectivity index (χ1v) is 6.52. The summed E-state index contributed by atoms with van der Waals surface area (Å²) < 4.78 is 5.33. The van der Waals surface area contributed by atoms with Gasteiger partial charge in [0.2, 0.25) is 0 Å². The molecule has 20 heavy (non-hydrogen) atoms. The second-order valence-electron chi connectivity index (χ2n) is 4.56. The lowest BCUT2D eigenvalue weighted by atomic mass is 10.2. The van der Waals surface area contributed by atoms with Gasteiger partial charge in [0.25, 0.3) is 0 Å². The van der Waals surface area contributed by atoms with Crippen molar-refractivity contribution in [2.45, 2.75) is 20.8 Å². The van der Waals surface area contributed by atoms with Gasteiger partial charge < -0.3 is 15.8 Å². The van der Waals surface area contributed by atoms with Crippen LogP contribution in [0, 0.1) is 20.8 Å². The molecular formula is C14H17ClN4O. The van der Waals surface area contributed by atoms with Crippen molar-refractivity contribution in [1.82, 2.24) is 9.97 Å². The summed E-state index contributed by atoms with van der Waals surface area (Å²) in [6.45, 7) is 5.59. The molecule has 0 aliphatic carbocycles. The molecule has 2 rings (SSSR count). The zero-order valence-electron chi connectivity index (χ0n) is 11.9. The summed E-state index contributed by atoms with van der Waals surface area (Å²) in [5.41, 5.74) is 8.39. The molecule has 106 valence electrons. The number of methoxy groups -OCH3 is 1. The van der Waals surface area contributed by atoms with Crippen LogP contribution < -0.4 is 15.8 Å². The fourth-order valence-corrected chi connectivity index (χ4v) is 1.98. The standard InChI is InChI=1S/C14H17ClN4O/c1-7-5-11(12(20-4)6-10(7)15)19-14-8(2)13(16)17-9(3)18-14/h5-6H,1-4H3,(H3,16,17,18,19). The number of nitrogens with zero attached hydrogens (tertiary/aromatic N) is 2. The average molecular weight is 293 g/mol. The summed E-state index contributed by atoms with van der Waals surface area (Å²) >= 11 is 6.10. The van der Waals surface area contributed by atoms with Gasteiger partial charge in [0.15, 0.2) is 0 Å². The molecule has 2 aromatic rings. The highest BCUT2D eigenvalue weighted by Gasteiger charge is 2.11. The van der Waals surface area contributed by atoms with Crippen LogP contribution in [0.3, 0.4) is 0 Å². The molecule has 5 nitrogen and oxygen atoms in total.